The predicted molar refractivity (Wildman–Crippen MR) is 99.0 cm³/mol. The molecule has 4 rings (SSSR count). The molecule has 1 unspecified atom stereocenters. The monoisotopic (exact) mass is 365 g/mol. The Balaban J connectivity index is 1.58. The van der Waals surface area contributed by atoms with E-state index >= 15 is 0 Å². The zero-order valence-electron chi connectivity index (χ0n) is 15.1. The first-order valence-corrected chi connectivity index (χ1v) is 8.60. The van der Waals surface area contributed by atoms with Crippen LogP contribution in [0.15, 0.2) is 53.1 Å². The second-order valence-electron chi connectivity index (χ2n) is 6.30. The fraction of sp³-hybridized carbons (Fsp3) is 0.250. The second-order valence-corrected chi connectivity index (χ2v) is 6.30. The number of aromatic nitrogens is 2. The Labute approximate surface area is 156 Å². The maximum Gasteiger partial charge on any atom is 0.258 e. The van der Waals surface area contributed by atoms with Crippen LogP contribution in [-0.4, -0.2) is 36.8 Å². The molecule has 27 heavy (non-hydrogen) atoms. The van der Waals surface area contributed by atoms with E-state index in [0.717, 1.165) is 5.69 Å². The van der Waals surface area contributed by atoms with Gasteiger partial charge in [0, 0.05) is 36.2 Å². The number of amides is 1. The molecule has 7 nitrogen and oxygen atoms in total. The highest BCUT2D eigenvalue weighted by molar-refractivity contribution is 5.96. The van der Waals surface area contributed by atoms with Crippen LogP contribution in [0.2, 0.25) is 0 Å². The van der Waals surface area contributed by atoms with Crippen molar-refractivity contribution in [1.82, 2.24) is 10.1 Å². The molecule has 3 aromatic rings. The van der Waals surface area contributed by atoms with E-state index < -0.39 is 0 Å². The van der Waals surface area contributed by atoms with E-state index in [1.54, 1.807) is 37.3 Å². The smallest absolute Gasteiger partial charge is 0.258 e. The van der Waals surface area contributed by atoms with Crippen LogP contribution in [0.1, 0.15) is 18.2 Å². The minimum absolute atomic E-state index is 0.0561. The maximum absolute atomic E-state index is 12.4. The minimum atomic E-state index is -0.109. The molecule has 0 N–H and O–H groups in total. The molecule has 138 valence electrons. The number of methoxy groups -OCH3 is 2. The van der Waals surface area contributed by atoms with E-state index in [-0.39, 0.29) is 11.8 Å². The molecule has 2 heterocycles. The lowest BCUT2D eigenvalue weighted by molar-refractivity contribution is -0.117. The molecule has 7 heteroatoms. The molecule has 1 saturated heterocycles. The Morgan fingerprint density at radius 3 is 2.44 bits per heavy atom. The van der Waals surface area contributed by atoms with Crippen LogP contribution >= 0.6 is 0 Å². The molecular weight excluding hydrogens is 346 g/mol. The minimum Gasteiger partial charge on any atom is -0.497 e. The highest BCUT2D eigenvalue weighted by Crippen LogP contribution is 2.33. The number of hydrogen-bond donors (Lipinski definition) is 0. The van der Waals surface area contributed by atoms with Crippen molar-refractivity contribution >= 4 is 11.6 Å². The summed E-state index contributed by atoms with van der Waals surface area (Å²) in [6.07, 6.45) is 0.356. The van der Waals surface area contributed by atoms with Crippen LogP contribution in [0.4, 0.5) is 5.69 Å². The van der Waals surface area contributed by atoms with Gasteiger partial charge in [-0.05, 0) is 24.3 Å². The number of carbonyl (C=O) groups is 1. The van der Waals surface area contributed by atoms with Crippen molar-refractivity contribution in [1.29, 1.82) is 0 Å². The Kier molecular flexibility index (Phi) is 4.50. The van der Waals surface area contributed by atoms with Gasteiger partial charge >= 0.3 is 0 Å². The predicted octanol–water partition coefficient (Wildman–Crippen LogP) is 3.27. The van der Waals surface area contributed by atoms with Gasteiger partial charge in [0.15, 0.2) is 5.82 Å². The quantitative estimate of drug-likeness (QED) is 0.691. The van der Waals surface area contributed by atoms with Crippen molar-refractivity contribution in [2.45, 2.75) is 12.3 Å². The van der Waals surface area contributed by atoms with E-state index in [1.165, 1.54) is 0 Å². The molecule has 2 aromatic carbocycles. The average molecular weight is 365 g/mol. The number of rotatable bonds is 5. The van der Waals surface area contributed by atoms with E-state index in [9.17, 15) is 4.79 Å². The van der Waals surface area contributed by atoms with Crippen molar-refractivity contribution in [3.8, 4) is 23.0 Å². The first-order chi connectivity index (χ1) is 13.2. The molecule has 1 fully saturated rings. The maximum atomic E-state index is 12.4. The summed E-state index contributed by atoms with van der Waals surface area (Å²) in [6.45, 7) is 0.531. The van der Waals surface area contributed by atoms with Gasteiger partial charge in [-0.2, -0.15) is 4.98 Å². The van der Waals surface area contributed by atoms with Crippen LogP contribution in [0, 0.1) is 0 Å². The molecule has 1 atom stereocenters. The molecule has 1 aliphatic rings. The topological polar surface area (TPSA) is 77.7 Å². The first kappa shape index (κ1) is 17.1. The normalized spacial score (nSPS) is 16.6. The number of hydrogen-bond acceptors (Lipinski definition) is 6. The summed E-state index contributed by atoms with van der Waals surface area (Å²) in [6, 6.07) is 15.0. The molecule has 1 aliphatic heterocycles. The third-order valence-corrected chi connectivity index (χ3v) is 4.60. The van der Waals surface area contributed by atoms with Crippen LogP contribution in [0.3, 0.4) is 0 Å². The summed E-state index contributed by atoms with van der Waals surface area (Å²) in [5.74, 6) is 2.11. The molecule has 0 bridgehead atoms. The van der Waals surface area contributed by atoms with Crippen LogP contribution in [-0.2, 0) is 4.79 Å². The summed E-state index contributed by atoms with van der Waals surface area (Å²) in [5, 5.41) is 4.10. The molecule has 0 spiro atoms. The van der Waals surface area contributed by atoms with E-state index in [1.807, 2.05) is 30.3 Å². The largest absolute Gasteiger partial charge is 0.497 e. The fourth-order valence-corrected chi connectivity index (χ4v) is 3.19. The van der Waals surface area contributed by atoms with Crippen LogP contribution in [0.5, 0.6) is 11.5 Å². The number of nitrogens with zero attached hydrogens (tertiary/aromatic N) is 3. The number of anilines is 1. The molecule has 0 saturated carbocycles. The lowest BCUT2D eigenvalue weighted by atomic mass is 10.1. The SMILES string of the molecule is COc1cc(OC)cc(-c2nc(C3CC(=O)N(c4ccccc4)C3)no2)c1. The number of ether oxygens (including phenoxy) is 2. The summed E-state index contributed by atoms with van der Waals surface area (Å²) in [5.41, 5.74) is 1.58. The Bertz CT molecular complexity index is 933. The van der Waals surface area contributed by atoms with Gasteiger partial charge in [0.05, 0.1) is 14.2 Å². The lowest BCUT2D eigenvalue weighted by Gasteiger charge is -2.15. The third kappa shape index (κ3) is 3.36. The highest BCUT2D eigenvalue weighted by atomic mass is 16.5. The zero-order chi connectivity index (χ0) is 18.8. The van der Waals surface area contributed by atoms with Gasteiger partial charge in [-0.25, -0.2) is 0 Å². The fourth-order valence-electron chi connectivity index (χ4n) is 3.19. The zero-order valence-corrected chi connectivity index (χ0v) is 15.1. The van der Waals surface area contributed by atoms with Gasteiger partial charge in [0.1, 0.15) is 11.5 Å². The Morgan fingerprint density at radius 1 is 1.07 bits per heavy atom. The van der Waals surface area contributed by atoms with Gasteiger partial charge in [0.25, 0.3) is 5.89 Å². The molecule has 0 radical (unpaired) electrons. The third-order valence-electron chi connectivity index (χ3n) is 4.60. The second kappa shape index (κ2) is 7.11. The highest BCUT2D eigenvalue weighted by Gasteiger charge is 2.34. The van der Waals surface area contributed by atoms with Gasteiger partial charge in [-0.1, -0.05) is 23.4 Å². The van der Waals surface area contributed by atoms with Gasteiger partial charge in [-0.15, -0.1) is 0 Å². The van der Waals surface area contributed by atoms with E-state index in [2.05, 4.69) is 10.1 Å². The van der Waals surface area contributed by atoms with E-state index in [0.29, 0.717) is 41.7 Å². The summed E-state index contributed by atoms with van der Waals surface area (Å²) < 4.78 is 16.0. The number of benzene rings is 2. The molecular formula is C20H19N3O4. The summed E-state index contributed by atoms with van der Waals surface area (Å²) >= 11 is 0. The van der Waals surface area contributed by atoms with Gasteiger partial charge in [0.2, 0.25) is 5.91 Å². The van der Waals surface area contributed by atoms with E-state index in [4.69, 9.17) is 14.0 Å². The van der Waals surface area contributed by atoms with Crippen molar-refractivity contribution in [2.24, 2.45) is 0 Å². The Hall–Kier alpha value is -3.35. The summed E-state index contributed by atoms with van der Waals surface area (Å²) in [4.78, 5) is 18.7. The van der Waals surface area contributed by atoms with Gasteiger partial charge < -0.3 is 18.9 Å². The number of para-hydroxylation sites is 1. The molecule has 1 aromatic heterocycles. The first-order valence-electron chi connectivity index (χ1n) is 8.60. The molecule has 1 amide bonds. The van der Waals surface area contributed by atoms with Gasteiger partial charge in [-0.3, -0.25) is 4.79 Å². The van der Waals surface area contributed by atoms with Crippen LogP contribution < -0.4 is 14.4 Å². The average Bonchev–Trinajstić information content (AvgIpc) is 3.35. The van der Waals surface area contributed by atoms with Crippen molar-refractivity contribution in [3.63, 3.8) is 0 Å². The summed E-state index contributed by atoms with van der Waals surface area (Å²) in [7, 11) is 3.17. The number of carbonyl (C=O) groups excluding carboxylic acids is 1. The molecule has 0 aliphatic carbocycles. The van der Waals surface area contributed by atoms with Crippen molar-refractivity contribution in [2.75, 3.05) is 25.7 Å². The van der Waals surface area contributed by atoms with Crippen molar-refractivity contribution in [3.05, 3.63) is 54.4 Å². The van der Waals surface area contributed by atoms with Crippen molar-refractivity contribution < 1.29 is 18.8 Å². The standard InChI is InChI=1S/C20H19N3O4/c1-25-16-8-13(9-17(11-16)26-2)20-21-19(22-27-20)14-10-18(24)23(12-14)15-6-4-3-5-7-15/h3-9,11,14H,10,12H2,1-2H3. The van der Waals surface area contributed by atoms with Crippen LogP contribution in [0.25, 0.3) is 11.5 Å². The Morgan fingerprint density at radius 2 is 1.78 bits per heavy atom. The lowest BCUT2D eigenvalue weighted by Crippen LogP contribution is -2.24.